The largest absolute Gasteiger partial charge is 0.478 e. The normalized spacial score (nSPS) is 11.1. The van der Waals surface area contributed by atoms with E-state index < -0.39 is 17.5 Å². The first kappa shape index (κ1) is 14.5. The fourth-order valence-electron chi connectivity index (χ4n) is 1.21. The highest BCUT2D eigenvalue weighted by molar-refractivity contribution is 9.09. The van der Waals surface area contributed by atoms with E-state index in [1.807, 2.05) is 0 Å². The van der Waals surface area contributed by atoms with Gasteiger partial charge in [-0.15, -0.1) is 0 Å². The summed E-state index contributed by atoms with van der Waals surface area (Å²) in [5, 5.41) is 9.39. The molecule has 0 aliphatic carbocycles. The molecule has 3 N–H and O–H groups in total. The van der Waals surface area contributed by atoms with E-state index in [1.165, 1.54) is 18.2 Å². The van der Waals surface area contributed by atoms with Gasteiger partial charge in [-0.25, -0.2) is 9.59 Å². The molecule has 1 rings (SSSR count). The molecule has 0 radical (unpaired) electrons. The van der Waals surface area contributed by atoms with Crippen LogP contribution < -0.4 is 5.73 Å². The zero-order valence-corrected chi connectivity index (χ0v) is 11.7. The number of carboxylic acids is 1. The minimum Gasteiger partial charge on any atom is -0.478 e. The van der Waals surface area contributed by atoms with Crippen molar-refractivity contribution in [1.82, 2.24) is 0 Å². The van der Waals surface area contributed by atoms with Gasteiger partial charge in [-0.05, 0) is 32.0 Å². The van der Waals surface area contributed by atoms with E-state index in [0.717, 1.165) is 0 Å². The number of rotatable bonds is 4. The molecule has 0 bridgehead atoms. The number of carboxylic acid groups (broad SMARTS) is 1. The quantitative estimate of drug-likeness (QED) is 0.505. The monoisotopic (exact) mass is 315 g/mol. The number of halogens is 1. The van der Waals surface area contributed by atoms with E-state index in [-0.39, 0.29) is 16.8 Å². The summed E-state index contributed by atoms with van der Waals surface area (Å²) < 4.78 is 5.23. The molecule has 5 nitrogen and oxygen atoms in total. The van der Waals surface area contributed by atoms with Crippen molar-refractivity contribution in [2.45, 2.75) is 19.4 Å². The van der Waals surface area contributed by atoms with Crippen LogP contribution in [0.5, 0.6) is 0 Å². The Bertz CT molecular complexity index is 485. The van der Waals surface area contributed by atoms with Crippen LogP contribution in [0.15, 0.2) is 18.2 Å². The van der Waals surface area contributed by atoms with E-state index in [9.17, 15) is 9.59 Å². The molecule has 0 saturated carbocycles. The molecule has 0 aliphatic heterocycles. The Morgan fingerprint density at radius 2 is 2.06 bits per heavy atom. The first-order valence-electron chi connectivity index (χ1n) is 5.19. The van der Waals surface area contributed by atoms with Crippen LogP contribution in [0, 0.1) is 0 Å². The van der Waals surface area contributed by atoms with Crippen LogP contribution in [0.2, 0.25) is 0 Å². The lowest BCUT2D eigenvalue weighted by Crippen LogP contribution is -2.29. The Morgan fingerprint density at radius 1 is 1.44 bits per heavy atom. The molecule has 0 fully saturated rings. The van der Waals surface area contributed by atoms with E-state index in [2.05, 4.69) is 15.9 Å². The SMILES string of the molecule is CC(C)(CBr)OC(=O)c1ccc(N)c(C(=O)O)c1. The number of aromatic carboxylic acids is 1. The highest BCUT2D eigenvalue weighted by atomic mass is 79.9. The van der Waals surface area contributed by atoms with Crippen molar-refractivity contribution in [1.29, 1.82) is 0 Å². The molecule has 0 amide bonds. The lowest BCUT2D eigenvalue weighted by Gasteiger charge is -2.22. The summed E-state index contributed by atoms with van der Waals surface area (Å²) in [5.41, 5.74) is 5.00. The summed E-state index contributed by atoms with van der Waals surface area (Å²) in [5.74, 6) is -1.76. The number of ether oxygens (including phenoxy) is 1. The summed E-state index contributed by atoms with van der Waals surface area (Å²) in [4.78, 5) is 22.7. The minimum absolute atomic E-state index is 0.110. The summed E-state index contributed by atoms with van der Waals surface area (Å²) in [6.45, 7) is 3.49. The first-order valence-corrected chi connectivity index (χ1v) is 6.31. The number of nitrogen functional groups attached to an aromatic ring is 1. The third-order valence-corrected chi connectivity index (χ3v) is 3.56. The predicted molar refractivity (Wildman–Crippen MR) is 71.1 cm³/mol. The zero-order valence-electron chi connectivity index (χ0n) is 10.1. The Hall–Kier alpha value is -1.56. The number of anilines is 1. The van der Waals surface area contributed by atoms with Gasteiger partial charge in [-0.3, -0.25) is 0 Å². The van der Waals surface area contributed by atoms with Gasteiger partial charge in [0.05, 0.1) is 11.1 Å². The molecule has 0 saturated heterocycles. The maximum atomic E-state index is 11.8. The number of nitrogens with two attached hydrogens (primary N) is 1. The topological polar surface area (TPSA) is 89.6 Å². The van der Waals surface area contributed by atoms with Crippen LogP contribution in [0.25, 0.3) is 0 Å². The van der Waals surface area contributed by atoms with Crippen LogP contribution in [0.3, 0.4) is 0 Å². The van der Waals surface area contributed by atoms with Crippen molar-refractivity contribution in [3.8, 4) is 0 Å². The van der Waals surface area contributed by atoms with Crippen LogP contribution in [-0.2, 0) is 4.74 Å². The Labute approximate surface area is 113 Å². The standard InChI is InChI=1S/C12H14BrNO4/c1-12(2,6-13)18-11(17)7-3-4-9(14)8(5-7)10(15)16/h3-5H,6,14H2,1-2H3,(H,15,16). The van der Waals surface area contributed by atoms with Crippen LogP contribution in [0.4, 0.5) is 5.69 Å². The second kappa shape index (κ2) is 5.39. The van der Waals surface area contributed by atoms with Gasteiger partial charge in [-0.1, -0.05) is 15.9 Å². The highest BCUT2D eigenvalue weighted by Gasteiger charge is 2.23. The van der Waals surface area contributed by atoms with Gasteiger partial charge in [0.25, 0.3) is 0 Å². The maximum Gasteiger partial charge on any atom is 0.338 e. The van der Waals surface area contributed by atoms with Crippen LogP contribution in [0.1, 0.15) is 34.6 Å². The number of hydrogen-bond donors (Lipinski definition) is 2. The predicted octanol–water partition coefficient (Wildman–Crippen LogP) is 2.30. The highest BCUT2D eigenvalue weighted by Crippen LogP contribution is 2.19. The van der Waals surface area contributed by atoms with Gasteiger partial charge >= 0.3 is 11.9 Å². The summed E-state index contributed by atoms with van der Waals surface area (Å²) >= 11 is 3.23. The van der Waals surface area contributed by atoms with Gasteiger partial charge in [0, 0.05) is 11.0 Å². The molecule has 0 unspecified atom stereocenters. The fraction of sp³-hybridized carbons (Fsp3) is 0.333. The number of benzene rings is 1. The van der Waals surface area contributed by atoms with Gasteiger partial charge in [0.2, 0.25) is 0 Å². The average Bonchev–Trinajstić information content (AvgIpc) is 2.28. The molecule has 1 aromatic carbocycles. The molecular weight excluding hydrogens is 302 g/mol. The Kier molecular flexibility index (Phi) is 4.34. The molecule has 0 aromatic heterocycles. The lowest BCUT2D eigenvalue weighted by molar-refractivity contribution is 0.00925. The third-order valence-electron chi connectivity index (χ3n) is 2.21. The number of esters is 1. The van der Waals surface area contributed by atoms with E-state index in [0.29, 0.717) is 5.33 Å². The molecule has 0 spiro atoms. The summed E-state index contributed by atoms with van der Waals surface area (Å²) in [6, 6.07) is 4.03. The Morgan fingerprint density at radius 3 is 2.56 bits per heavy atom. The van der Waals surface area contributed by atoms with Crippen molar-refractivity contribution in [3.05, 3.63) is 29.3 Å². The molecule has 0 heterocycles. The third kappa shape index (κ3) is 3.46. The first-order chi connectivity index (χ1) is 8.26. The van der Waals surface area contributed by atoms with Gasteiger partial charge in [0.1, 0.15) is 5.60 Å². The molecule has 98 valence electrons. The number of hydrogen-bond acceptors (Lipinski definition) is 4. The number of alkyl halides is 1. The van der Waals surface area contributed by atoms with Crippen molar-refractivity contribution in [2.24, 2.45) is 0 Å². The molecule has 18 heavy (non-hydrogen) atoms. The second-order valence-corrected chi connectivity index (χ2v) is 4.95. The van der Waals surface area contributed by atoms with Crippen molar-refractivity contribution in [2.75, 3.05) is 11.1 Å². The van der Waals surface area contributed by atoms with Crippen molar-refractivity contribution in [3.63, 3.8) is 0 Å². The van der Waals surface area contributed by atoms with Gasteiger partial charge < -0.3 is 15.6 Å². The van der Waals surface area contributed by atoms with E-state index in [1.54, 1.807) is 13.8 Å². The van der Waals surface area contributed by atoms with Crippen molar-refractivity contribution >= 4 is 33.6 Å². The van der Waals surface area contributed by atoms with Gasteiger partial charge in [-0.2, -0.15) is 0 Å². The molecule has 1 aromatic rings. The van der Waals surface area contributed by atoms with Crippen LogP contribution >= 0.6 is 15.9 Å². The maximum absolute atomic E-state index is 11.8. The Balaban J connectivity index is 3.01. The zero-order chi connectivity index (χ0) is 13.9. The fourth-order valence-corrected chi connectivity index (χ4v) is 1.32. The van der Waals surface area contributed by atoms with Crippen LogP contribution in [-0.4, -0.2) is 28.0 Å². The van der Waals surface area contributed by atoms with Crippen molar-refractivity contribution < 1.29 is 19.4 Å². The van der Waals surface area contributed by atoms with Gasteiger partial charge in [0.15, 0.2) is 0 Å². The number of carbonyl (C=O) groups is 2. The molecule has 0 atom stereocenters. The van der Waals surface area contributed by atoms with E-state index >= 15 is 0 Å². The average molecular weight is 316 g/mol. The summed E-state index contributed by atoms with van der Waals surface area (Å²) in [7, 11) is 0. The summed E-state index contributed by atoms with van der Waals surface area (Å²) in [6.07, 6.45) is 0. The number of carbonyl (C=O) groups excluding carboxylic acids is 1. The van der Waals surface area contributed by atoms with E-state index in [4.69, 9.17) is 15.6 Å². The second-order valence-electron chi connectivity index (χ2n) is 4.39. The minimum atomic E-state index is -1.18. The molecule has 0 aliphatic rings. The smallest absolute Gasteiger partial charge is 0.338 e. The molecular formula is C12H14BrNO4. The molecule has 6 heteroatoms. The lowest BCUT2D eigenvalue weighted by atomic mass is 10.1.